The number of ether oxygens (including phenoxy) is 5. The van der Waals surface area contributed by atoms with E-state index >= 15 is 0 Å². The second kappa shape index (κ2) is 15.6. The monoisotopic (exact) mass is 612 g/mol. The number of anilines is 1. The zero-order valence-corrected chi connectivity index (χ0v) is 25.3. The molecule has 10 heteroatoms. The molecular weight excluding hydrogens is 570 g/mol. The van der Waals surface area contributed by atoms with Crippen LogP contribution in [0.15, 0.2) is 60.7 Å². The Balaban J connectivity index is 1.28. The second-order valence-electron chi connectivity index (χ2n) is 11.1. The minimum atomic E-state index is -0.924. The van der Waals surface area contributed by atoms with Crippen molar-refractivity contribution in [3.63, 3.8) is 0 Å². The quantitative estimate of drug-likeness (QED) is 0.187. The number of halogens is 2. The summed E-state index contributed by atoms with van der Waals surface area (Å²) in [6, 6.07) is 16.7. The number of nitrogens with zero attached hydrogens (tertiary/aromatic N) is 1. The van der Waals surface area contributed by atoms with E-state index in [9.17, 15) is 13.9 Å². The van der Waals surface area contributed by atoms with E-state index in [2.05, 4.69) is 16.3 Å². The summed E-state index contributed by atoms with van der Waals surface area (Å²) in [5, 5.41) is 14.3. The Morgan fingerprint density at radius 2 is 1.89 bits per heavy atom. The highest BCUT2D eigenvalue weighted by Crippen LogP contribution is 2.35. The van der Waals surface area contributed by atoms with E-state index in [1.807, 2.05) is 43.3 Å². The van der Waals surface area contributed by atoms with Gasteiger partial charge in [-0.15, -0.1) is 0 Å². The van der Waals surface area contributed by atoms with E-state index in [1.54, 1.807) is 7.11 Å². The summed E-state index contributed by atoms with van der Waals surface area (Å²) < 4.78 is 57.2. The number of aliphatic hydroxyl groups is 1. The fourth-order valence-corrected chi connectivity index (χ4v) is 5.70. The second-order valence-corrected chi connectivity index (χ2v) is 11.1. The van der Waals surface area contributed by atoms with Gasteiger partial charge < -0.3 is 39.0 Å². The summed E-state index contributed by atoms with van der Waals surface area (Å²) in [4.78, 5) is 2.32. The van der Waals surface area contributed by atoms with Crippen molar-refractivity contribution in [2.45, 2.75) is 50.8 Å². The Labute approximate surface area is 257 Å². The first kappa shape index (κ1) is 32.1. The van der Waals surface area contributed by atoms with Crippen LogP contribution in [0.2, 0.25) is 0 Å². The number of rotatable bonds is 14. The van der Waals surface area contributed by atoms with Gasteiger partial charge in [0, 0.05) is 50.9 Å². The summed E-state index contributed by atoms with van der Waals surface area (Å²) in [7, 11) is 1.71. The number of benzene rings is 3. The lowest BCUT2D eigenvalue weighted by Crippen LogP contribution is -2.49. The molecule has 2 heterocycles. The molecule has 2 N–H and O–H groups in total. The molecule has 1 saturated heterocycles. The molecule has 3 aromatic rings. The molecule has 44 heavy (non-hydrogen) atoms. The van der Waals surface area contributed by atoms with Gasteiger partial charge in [0.2, 0.25) is 6.29 Å². The van der Waals surface area contributed by atoms with Crippen LogP contribution in [-0.4, -0.2) is 70.4 Å². The van der Waals surface area contributed by atoms with Gasteiger partial charge in [0.25, 0.3) is 0 Å². The van der Waals surface area contributed by atoms with Crippen LogP contribution in [0.3, 0.4) is 0 Å². The Morgan fingerprint density at radius 1 is 1.05 bits per heavy atom. The van der Waals surface area contributed by atoms with Gasteiger partial charge in [0.05, 0.1) is 37.7 Å². The number of piperidine rings is 1. The molecule has 2 aliphatic heterocycles. The van der Waals surface area contributed by atoms with Crippen molar-refractivity contribution in [2.24, 2.45) is 0 Å². The van der Waals surface area contributed by atoms with Crippen LogP contribution in [0, 0.1) is 11.6 Å². The first-order chi connectivity index (χ1) is 21.5. The van der Waals surface area contributed by atoms with Gasteiger partial charge >= 0.3 is 0 Å². The molecule has 5 rings (SSSR count). The third-order valence-electron chi connectivity index (χ3n) is 7.93. The SMILES string of the molecule is CCCOC(Oc1cc(F)ccc1F)c1ccc(C2C(O)CNCC2OCc2ccc3c(c2)N(CCCOC)CCO3)cc1. The lowest BCUT2D eigenvalue weighted by atomic mass is 9.85. The third kappa shape index (κ3) is 8.05. The minimum Gasteiger partial charge on any atom is -0.490 e. The predicted octanol–water partition coefficient (Wildman–Crippen LogP) is 5.34. The molecule has 4 atom stereocenters. The van der Waals surface area contributed by atoms with E-state index in [0.29, 0.717) is 45.1 Å². The van der Waals surface area contributed by atoms with Gasteiger partial charge in [-0.3, -0.25) is 0 Å². The standard InChI is InChI=1S/C34H42F2N2O6/c1-3-15-42-34(44-31-19-26(35)10-11-27(31)36)25-8-6-24(7-9-25)33-29(39)20-37-21-32(33)43-22-23-5-12-30-28(18-23)38(14-17-41-30)13-4-16-40-2/h5-12,18-19,29,32-34,37,39H,3-4,13-17,20-22H2,1-2H3. The highest BCUT2D eigenvalue weighted by molar-refractivity contribution is 5.61. The van der Waals surface area contributed by atoms with Crippen LogP contribution < -0.4 is 19.7 Å². The molecule has 8 nitrogen and oxygen atoms in total. The Morgan fingerprint density at radius 3 is 2.68 bits per heavy atom. The molecule has 2 aliphatic rings. The maximum absolute atomic E-state index is 14.3. The van der Waals surface area contributed by atoms with Crippen LogP contribution in [0.5, 0.6) is 11.5 Å². The smallest absolute Gasteiger partial charge is 0.226 e. The molecule has 1 fully saturated rings. The van der Waals surface area contributed by atoms with Gasteiger partial charge in [0.1, 0.15) is 18.2 Å². The zero-order chi connectivity index (χ0) is 30.9. The van der Waals surface area contributed by atoms with Crippen molar-refractivity contribution in [3.8, 4) is 11.5 Å². The van der Waals surface area contributed by atoms with Crippen molar-refractivity contribution < 1.29 is 37.6 Å². The lowest BCUT2D eigenvalue weighted by molar-refractivity contribution is -0.0851. The first-order valence-electron chi connectivity index (χ1n) is 15.3. The van der Waals surface area contributed by atoms with Crippen LogP contribution in [0.25, 0.3) is 0 Å². The molecule has 238 valence electrons. The number of β-amino-alcohol motifs (C(OH)–C–C–N with tert-alkyl or cyclic N) is 1. The van der Waals surface area contributed by atoms with E-state index in [1.165, 1.54) is 0 Å². The minimum absolute atomic E-state index is 0.218. The van der Waals surface area contributed by atoms with Crippen molar-refractivity contribution >= 4 is 5.69 Å². The number of hydrogen-bond donors (Lipinski definition) is 2. The Hall–Kier alpha value is -3.28. The molecule has 0 radical (unpaired) electrons. The lowest BCUT2D eigenvalue weighted by Gasteiger charge is -2.36. The number of hydrogen-bond acceptors (Lipinski definition) is 8. The van der Waals surface area contributed by atoms with Crippen LogP contribution in [0.4, 0.5) is 14.5 Å². The molecule has 3 aromatic carbocycles. The maximum atomic E-state index is 14.3. The van der Waals surface area contributed by atoms with Gasteiger partial charge in [-0.1, -0.05) is 37.3 Å². The van der Waals surface area contributed by atoms with E-state index in [-0.39, 0.29) is 17.8 Å². The molecule has 0 bridgehead atoms. The van der Waals surface area contributed by atoms with Crippen molar-refractivity contribution in [2.75, 3.05) is 58.0 Å². The number of fused-ring (bicyclic) bond motifs is 1. The van der Waals surface area contributed by atoms with Crippen LogP contribution in [-0.2, 0) is 20.8 Å². The topological polar surface area (TPSA) is 81.7 Å². The van der Waals surface area contributed by atoms with Gasteiger partial charge in [0.15, 0.2) is 11.6 Å². The normalized spacial score (nSPS) is 20.6. The summed E-state index contributed by atoms with van der Waals surface area (Å²) in [6.45, 7) is 6.83. The summed E-state index contributed by atoms with van der Waals surface area (Å²) in [5.41, 5.74) is 3.64. The van der Waals surface area contributed by atoms with E-state index in [0.717, 1.165) is 66.7 Å². The molecule has 0 saturated carbocycles. The van der Waals surface area contributed by atoms with Gasteiger partial charge in [-0.25, -0.2) is 8.78 Å². The molecule has 0 aliphatic carbocycles. The van der Waals surface area contributed by atoms with E-state index < -0.39 is 24.0 Å². The highest BCUT2D eigenvalue weighted by atomic mass is 19.1. The highest BCUT2D eigenvalue weighted by Gasteiger charge is 2.34. The predicted molar refractivity (Wildman–Crippen MR) is 163 cm³/mol. The number of nitrogens with one attached hydrogen (secondary N) is 1. The molecular formula is C34H42F2N2O6. The first-order valence-corrected chi connectivity index (χ1v) is 15.3. The van der Waals surface area contributed by atoms with E-state index in [4.69, 9.17) is 23.7 Å². The fourth-order valence-electron chi connectivity index (χ4n) is 5.70. The third-order valence-corrected chi connectivity index (χ3v) is 7.93. The Bertz CT molecular complexity index is 1340. The van der Waals surface area contributed by atoms with Crippen molar-refractivity contribution in [1.29, 1.82) is 0 Å². The van der Waals surface area contributed by atoms with Crippen LogP contribution >= 0.6 is 0 Å². The van der Waals surface area contributed by atoms with Crippen molar-refractivity contribution in [3.05, 3.63) is 89.0 Å². The molecule has 0 spiro atoms. The zero-order valence-electron chi connectivity index (χ0n) is 25.3. The Kier molecular flexibility index (Phi) is 11.4. The molecule has 4 unspecified atom stereocenters. The maximum Gasteiger partial charge on any atom is 0.226 e. The summed E-state index contributed by atoms with van der Waals surface area (Å²) in [6.07, 6.45) is -0.195. The van der Waals surface area contributed by atoms with Crippen molar-refractivity contribution in [1.82, 2.24) is 5.32 Å². The van der Waals surface area contributed by atoms with Gasteiger partial charge in [-0.05, 0) is 48.2 Å². The molecule has 0 amide bonds. The number of methoxy groups -OCH3 is 1. The van der Waals surface area contributed by atoms with Gasteiger partial charge in [-0.2, -0.15) is 0 Å². The fraction of sp³-hybridized carbons (Fsp3) is 0.471. The average molecular weight is 613 g/mol. The summed E-state index contributed by atoms with van der Waals surface area (Å²) in [5.74, 6) is -0.885. The summed E-state index contributed by atoms with van der Waals surface area (Å²) >= 11 is 0. The average Bonchev–Trinajstić information content (AvgIpc) is 3.04. The van der Waals surface area contributed by atoms with Crippen LogP contribution in [0.1, 0.15) is 48.7 Å². The number of aliphatic hydroxyl groups excluding tert-OH is 1. The largest absolute Gasteiger partial charge is 0.490 e. The molecule has 0 aromatic heterocycles.